The molecule has 0 fully saturated rings. The molecule has 2 rings (SSSR count). The standard InChI is InChI=1S/C17H26N2O2/c1-3-5-6-10-14(4-2)21-17(20)16-18-12-13-9-7-8-11-15(13)19-16/h7-9,11,14,16,18-19H,3-6,10,12H2,1-2H3. The summed E-state index contributed by atoms with van der Waals surface area (Å²) in [5.41, 5.74) is 2.19. The molecule has 2 atom stereocenters. The quantitative estimate of drug-likeness (QED) is 0.596. The molecule has 0 amide bonds. The fourth-order valence-corrected chi connectivity index (χ4v) is 2.58. The molecular formula is C17H26N2O2. The first-order valence-corrected chi connectivity index (χ1v) is 8.03. The molecule has 4 nitrogen and oxygen atoms in total. The van der Waals surface area contributed by atoms with E-state index in [1.165, 1.54) is 18.4 Å². The van der Waals surface area contributed by atoms with Gasteiger partial charge in [0.15, 0.2) is 6.17 Å². The van der Waals surface area contributed by atoms with Gasteiger partial charge in [-0.3, -0.25) is 5.32 Å². The van der Waals surface area contributed by atoms with Crippen molar-refractivity contribution >= 4 is 11.7 Å². The molecule has 0 saturated heterocycles. The minimum Gasteiger partial charge on any atom is -0.460 e. The summed E-state index contributed by atoms with van der Waals surface area (Å²) in [5, 5.41) is 6.39. The Bertz CT molecular complexity index is 462. The van der Waals surface area contributed by atoms with Crippen LogP contribution in [0.5, 0.6) is 0 Å². The average Bonchev–Trinajstić information content (AvgIpc) is 2.53. The van der Waals surface area contributed by atoms with Gasteiger partial charge in [0.25, 0.3) is 0 Å². The third-order valence-electron chi connectivity index (χ3n) is 3.92. The Kier molecular flexibility index (Phi) is 6.05. The summed E-state index contributed by atoms with van der Waals surface area (Å²) in [6.07, 6.45) is 4.92. The highest BCUT2D eigenvalue weighted by molar-refractivity contribution is 5.80. The van der Waals surface area contributed by atoms with Crippen LogP contribution >= 0.6 is 0 Å². The number of ether oxygens (including phenoxy) is 1. The Balaban J connectivity index is 1.86. The van der Waals surface area contributed by atoms with Gasteiger partial charge in [-0.2, -0.15) is 0 Å². The zero-order chi connectivity index (χ0) is 15.1. The molecule has 2 N–H and O–H groups in total. The van der Waals surface area contributed by atoms with Crippen LogP contribution in [0.15, 0.2) is 24.3 Å². The Morgan fingerprint density at radius 2 is 2.14 bits per heavy atom. The maximum absolute atomic E-state index is 12.3. The number of hydrogen-bond acceptors (Lipinski definition) is 4. The lowest BCUT2D eigenvalue weighted by atomic mass is 10.1. The summed E-state index contributed by atoms with van der Waals surface area (Å²) in [6, 6.07) is 8.02. The van der Waals surface area contributed by atoms with Crippen LogP contribution in [0.1, 0.15) is 51.5 Å². The minimum atomic E-state index is -0.444. The molecule has 0 aromatic heterocycles. The van der Waals surface area contributed by atoms with E-state index in [0.717, 1.165) is 24.9 Å². The number of benzene rings is 1. The highest BCUT2D eigenvalue weighted by Crippen LogP contribution is 2.20. The fraction of sp³-hybridized carbons (Fsp3) is 0.588. The second kappa shape index (κ2) is 8.03. The number of fused-ring (bicyclic) bond motifs is 1. The van der Waals surface area contributed by atoms with E-state index in [2.05, 4.69) is 30.5 Å². The highest BCUT2D eigenvalue weighted by atomic mass is 16.5. The number of rotatable bonds is 7. The van der Waals surface area contributed by atoms with Crippen molar-refractivity contribution in [3.05, 3.63) is 29.8 Å². The molecule has 0 saturated carbocycles. The van der Waals surface area contributed by atoms with E-state index < -0.39 is 6.17 Å². The van der Waals surface area contributed by atoms with Gasteiger partial charge in [-0.1, -0.05) is 44.9 Å². The van der Waals surface area contributed by atoms with Gasteiger partial charge >= 0.3 is 5.97 Å². The van der Waals surface area contributed by atoms with E-state index in [-0.39, 0.29) is 12.1 Å². The monoisotopic (exact) mass is 290 g/mol. The lowest BCUT2D eigenvalue weighted by Crippen LogP contribution is -2.47. The molecule has 1 aliphatic heterocycles. The second-order valence-electron chi connectivity index (χ2n) is 5.58. The first-order chi connectivity index (χ1) is 10.2. The van der Waals surface area contributed by atoms with Crippen molar-refractivity contribution in [3.63, 3.8) is 0 Å². The van der Waals surface area contributed by atoms with Crippen molar-refractivity contribution in [1.29, 1.82) is 0 Å². The van der Waals surface area contributed by atoms with Gasteiger partial charge < -0.3 is 10.1 Å². The largest absolute Gasteiger partial charge is 0.460 e. The maximum atomic E-state index is 12.3. The third-order valence-corrected chi connectivity index (χ3v) is 3.92. The fourth-order valence-electron chi connectivity index (χ4n) is 2.58. The number of esters is 1. The van der Waals surface area contributed by atoms with Gasteiger partial charge in [0.1, 0.15) is 6.10 Å². The van der Waals surface area contributed by atoms with Gasteiger partial charge in [0.05, 0.1) is 0 Å². The smallest absolute Gasteiger partial charge is 0.344 e. The van der Waals surface area contributed by atoms with Gasteiger partial charge in [-0.05, 0) is 30.9 Å². The molecule has 0 spiro atoms. The summed E-state index contributed by atoms with van der Waals surface area (Å²) in [7, 11) is 0. The molecule has 0 aliphatic carbocycles. The van der Waals surface area contributed by atoms with E-state index in [1.54, 1.807) is 0 Å². The summed E-state index contributed by atoms with van der Waals surface area (Å²) in [4.78, 5) is 12.3. The zero-order valence-corrected chi connectivity index (χ0v) is 13.0. The van der Waals surface area contributed by atoms with Gasteiger partial charge in [0.2, 0.25) is 0 Å². The van der Waals surface area contributed by atoms with E-state index >= 15 is 0 Å². The number of nitrogens with one attached hydrogen (secondary N) is 2. The molecular weight excluding hydrogens is 264 g/mol. The molecule has 0 radical (unpaired) electrons. The van der Waals surface area contributed by atoms with Crippen LogP contribution in [0.2, 0.25) is 0 Å². The van der Waals surface area contributed by atoms with Gasteiger partial charge in [-0.25, -0.2) is 4.79 Å². The molecule has 0 bridgehead atoms. The lowest BCUT2D eigenvalue weighted by molar-refractivity contribution is -0.151. The number of para-hydroxylation sites is 1. The Morgan fingerprint density at radius 3 is 2.90 bits per heavy atom. The van der Waals surface area contributed by atoms with Crippen molar-refractivity contribution in [2.45, 2.75) is 64.8 Å². The maximum Gasteiger partial charge on any atom is 0.344 e. The Labute approximate surface area is 127 Å². The molecule has 1 heterocycles. The predicted octanol–water partition coefficient (Wildman–Crippen LogP) is 3.43. The molecule has 1 aliphatic rings. The van der Waals surface area contributed by atoms with Gasteiger partial charge in [0, 0.05) is 12.2 Å². The molecule has 1 aromatic rings. The Hall–Kier alpha value is -1.55. The van der Waals surface area contributed by atoms with Crippen LogP contribution in [0.4, 0.5) is 5.69 Å². The van der Waals surface area contributed by atoms with Crippen LogP contribution in [0, 0.1) is 0 Å². The number of carbonyl (C=O) groups is 1. The van der Waals surface area contributed by atoms with Crippen molar-refractivity contribution in [2.24, 2.45) is 0 Å². The normalized spacial score (nSPS) is 18.5. The first-order valence-electron chi connectivity index (χ1n) is 8.03. The van der Waals surface area contributed by atoms with Crippen molar-refractivity contribution in [2.75, 3.05) is 5.32 Å². The van der Waals surface area contributed by atoms with E-state index in [1.807, 2.05) is 18.2 Å². The molecule has 21 heavy (non-hydrogen) atoms. The van der Waals surface area contributed by atoms with Crippen LogP contribution in [0.25, 0.3) is 0 Å². The molecule has 1 aromatic carbocycles. The summed E-state index contributed by atoms with van der Waals surface area (Å²) >= 11 is 0. The minimum absolute atomic E-state index is 0.0322. The van der Waals surface area contributed by atoms with Crippen LogP contribution in [-0.2, 0) is 16.1 Å². The summed E-state index contributed by atoms with van der Waals surface area (Å²) in [6.45, 7) is 4.94. The Morgan fingerprint density at radius 1 is 1.33 bits per heavy atom. The number of carbonyl (C=O) groups excluding carboxylic acids is 1. The predicted molar refractivity (Wildman–Crippen MR) is 85.0 cm³/mol. The van der Waals surface area contributed by atoms with Gasteiger partial charge in [-0.15, -0.1) is 0 Å². The second-order valence-corrected chi connectivity index (χ2v) is 5.58. The summed E-state index contributed by atoms with van der Waals surface area (Å²) in [5.74, 6) is -0.201. The van der Waals surface area contributed by atoms with Crippen molar-refractivity contribution < 1.29 is 9.53 Å². The molecule has 116 valence electrons. The van der Waals surface area contributed by atoms with Crippen LogP contribution in [0.3, 0.4) is 0 Å². The van der Waals surface area contributed by atoms with Crippen molar-refractivity contribution in [1.82, 2.24) is 5.32 Å². The van der Waals surface area contributed by atoms with E-state index in [9.17, 15) is 4.79 Å². The average molecular weight is 290 g/mol. The van der Waals surface area contributed by atoms with Crippen LogP contribution < -0.4 is 10.6 Å². The molecule has 2 unspecified atom stereocenters. The topological polar surface area (TPSA) is 50.4 Å². The van der Waals surface area contributed by atoms with E-state index in [4.69, 9.17) is 4.74 Å². The number of anilines is 1. The molecule has 4 heteroatoms. The summed E-state index contributed by atoms with van der Waals surface area (Å²) < 4.78 is 5.64. The zero-order valence-electron chi connectivity index (χ0n) is 13.0. The number of hydrogen-bond donors (Lipinski definition) is 2. The third kappa shape index (κ3) is 4.46. The SMILES string of the molecule is CCCCCC(CC)OC(=O)C1NCc2ccccc2N1. The van der Waals surface area contributed by atoms with Crippen molar-refractivity contribution in [3.8, 4) is 0 Å². The first kappa shape index (κ1) is 15.8. The van der Waals surface area contributed by atoms with Crippen LogP contribution in [-0.4, -0.2) is 18.2 Å². The highest BCUT2D eigenvalue weighted by Gasteiger charge is 2.26. The lowest BCUT2D eigenvalue weighted by Gasteiger charge is -2.28. The van der Waals surface area contributed by atoms with E-state index in [0.29, 0.717) is 6.54 Å². The number of unbranched alkanes of at least 4 members (excludes halogenated alkanes) is 2.